The fourth-order valence-electron chi connectivity index (χ4n) is 8.32. The van der Waals surface area contributed by atoms with Gasteiger partial charge in [-0.05, 0) is 46.5 Å². The van der Waals surface area contributed by atoms with E-state index < -0.39 is 0 Å². The van der Waals surface area contributed by atoms with Crippen molar-refractivity contribution < 1.29 is 0 Å². The molecule has 0 spiro atoms. The maximum Gasteiger partial charge on any atom is 0.162 e. The van der Waals surface area contributed by atoms with Gasteiger partial charge in [0.05, 0.1) is 27.8 Å². The van der Waals surface area contributed by atoms with Gasteiger partial charge in [0.15, 0.2) is 5.82 Å². The molecule has 0 atom stereocenters. The first-order valence-electron chi connectivity index (χ1n) is 19.0. The third-order valence-corrected chi connectivity index (χ3v) is 11.0. The minimum absolute atomic E-state index is 0.672. The van der Waals surface area contributed by atoms with E-state index in [-0.39, 0.29) is 0 Å². The van der Waals surface area contributed by atoms with Gasteiger partial charge in [-0.25, -0.2) is 9.97 Å². The Labute approximate surface area is 324 Å². The summed E-state index contributed by atoms with van der Waals surface area (Å²) in [5, 5.41) is 4.76. The molecule has 0 bridgehead atoms. The van der Waals surface area contributed by atoms with Crippen molar-refractivity contribution in [1.29, 1.82) is 0 Å². The summed E-state index contributed by atoms with van der Waals surface area (Å²) in [5.41, 5.74) is 13.2. The highest BCUT2D eigenvalue weighted by atomic mass is 15.1. The molecule has 4 heteroatoms. The average Bonchev–Trinajstić information content (AvgIpc) is 3.80. The predicted molar refractivity (Wildman–Crippen MR) is 232 cm³/mol. The summed E-state index contributed by atoms with van der Waals surface area (Å²) in [6.07, 6.45) is 0. The second-order valence-electron chi connectivity index (χ2n) is 14.2. The largest absolute Gasteiger partial charge is 0.307 e. The summed E-state index contributed by atoms with van der Waals surface area (Å²) in [6, 6.07) is 73.1. The monoisotopic (exact) mass is 714 g/mol. The molecule has 0 radical (unpaired) electrons. The molecule has 11 aromatic rings. The van der Waals surface area contributed by atoms with Crippen LogP contribution in [-0.4, -0.2) is 19.1 Å². The lowest BCUT2D eigenvalue weighted by molar-refractivity contribution is 1.05. The first-order chi connectivity index (χ1) is 27.8. The third kappa shape index (κ3) is 5.23. The van der Waals surface area contributed by atoms with Gasteiger partial charge in [-0.2, -0.15) is 0 Å². The highest BCUT2D eigenvalue weighted by Gasteiger charge is 2.22. The van der Waals surface area contributed by atoms with Crippen molar-refractivity contribution >= 4 is 43.6 Å². The van der Waals surface area contributed by atoms with E-state index in [1.54, 1.807) is 0 Å². The van der Waals surface area contributed by atoms with Crippen LogP contribution in [0.15, 0.2) is 206 Å². The Hall–Kier alpha value is -7.56. The van der Waals surface area contributed by atoms with Gasteiger partial charge >= 0.3 is 0 Å². The summed E-state index contributed by atoms with van der Waals surface area (Å²) >= 11 is 0. The number of para-hydroxylation sites is 3. The Bertz CT molecular complexity index is 3100. The maximum absolute atomic E-state index is 5.45. The van der Waals surface area contributed by atoms with Crippen LogP contribution in [-0.2, 0) is 0 Å². The van der Waals surface area contributed by atoms with E-state index in [0.29, 0.717) is 5.82 Å². The fourth-order valence-corrected chi connectivity index (χ4v) is 8.32. The van der Waals surface area contributed by atoms with Gasteiger partial charge in [0.25, 0.3) is 0 Å². The first-order valence-corrected chi connectivity index (χ1v) is 19.0. The number of benzene rings is 8. The molecule has 0 unspecified atom stereocenters. The molecule has 0 aliphatic heterocycles. The standard InChI is InChI=1S/C52H34N4/c1-4-14-35(15-5-1)37-24-28-39(29-25-37)46-34-49(54-52(53-46)40-30-26-38(27-31-40)36-16-6-2-7-17-36)56-48-23-13-11-21-43(48)45-33-32-44-42-20-10-12-22-47(42)55(50(44)51(45)56)41-18-8-3-9-19-41/h1-34H. The average molecular weight is 715 g/mol. The van der Waals surface area contributed by atoms with Gasteiger partial charge < -0.3 is 4.57 Å². The van der Waals surface area contributed by atoms with Crippen LogP contribution in [0, 0.1) is 0 Å². The van der Waals surface area contributed by atoms with Crippen LogP contribution in [0.5, 0.6) is 0 Å². The Morgan fingerprint density at radius 1 is 0.304 bits per heavy atom. The normalized spacial score (nSPS) is 11.6. The molecule has 8 aromatic carbocycles. The van der Waals surface area contributed by atoms with Gasteiger partial charge in [0.1, 0.15) is 5.82 Å². The maximum atomic E-state index is 5.45. The highest BCUT2D eigenvalue weighted by molar-refractivity contribution is 6.23. The molecule has 0 aliphatic rings. The van der Waals surface area contributed by atoms with Crippen molar-refractivity contribution in [2.24, 2.45) is 0 Å². The van der Waals surface area contributed by atoms with E-state index >= 15 is 0 Å². The zero-order valence-electron chi connectivity index (χ0n) is 30.4. The molecule has 3 aromatic heterocycles. The minimum atomic E-state index is 0.672. The molecule has 0 saturated heterocycles. The SMILES string of the molecule is c1ccc(-c2ccc(-c3cc(-n4c5ccccc5c5ccc6c7ccccc7n(-c7ccccc7)c6c54)nc(-c4ccc(-c5ccccc5)cc4)n3)cc2)cc1. The summed E-state index contributed by atoms with van der Waals surface area (Å²) in [4.78, 5) is 10.7. The topological polar surface area (TPSA) is 35.6 Å². The van der Waals surface area contributed by atoms with Gasteiger partial charge in [0, 0.05) is 44.4 Å². The molecular formula is C52H34N4. The zero-order valence-corrected chi connectivity index (χ0v) is 30.4. The van der Waals surface area contributed by atoms with Crippen LogP contribution in [0.3, 0.4) is 0 Å². The van der Waals surface area contributed by atoms with E-state index in [9.17, 15) is 0 Å². The molecule has 262 valence electrons. The highest BCUT2D eigenvalue weighted by Crippen LogP contribution is 2.42. The lowest BCUT2D eigenvalue weighted by Crippen LogP contribution is -2.04. The van der Waals surface area contributed by atoms with E-state index in [1.165, 1.54) is 43.8 Å². The Morgan fingerprint density at radius 3 is 1.30 bits per heavy atom. The summed E-state index contributed by atoms with van der Waals surface area (Å²) in [5.74, 6) is 1.48. The van der Waals surface area contributed by atoms with Crippen LogP contribution >= 0.6 is 0 Å². The number of rotatable bonds is 6. The van der Waals surface area contributed by atoms with Crippen molar-refractivity contribution in [1.82, 2.24) is 19.1 Å². The molecule has 0 amide bonds. The second kappa shape index (κ2) is 13.1. The van der Waals surface area contributed by atoms with Crippen molar-refractivity contribution in [3.8, 4) is 56.4 Å². The van der Waals surface area contributed by atoms with E-state index in [0.717, 1.165) is 50.4 Å². The van der Waals surface area contributed by atoms with Crippen LogP contribution in [0.1, 0.15) is 0 Å². The summed E-state index contributed by atoms with van der Waals surface area (Å²) < 4.78 is 4.77. The number of hydrogen-bond donors (Lipinski definition) is 0. The second-order valence-corrected chi connectivity index (χ2v) is 14.2. The van der Waals surface area contributed by atoms with Crippen LogP contribution < -0.4 is 0 Å². The van der Waals surface area contributed by atoms with Gasteiger partial charge in [-0.1, -0.05) is 176 Å². The summed E-state index contributed by atoms with van der Waals surface area (Å²) in [6.45, 7) is 0. The Balaban J connectivity index is 1.20. The molecule has 0 fully saturated rings. The van der Waals surface area contributed by atoms with Crippen LogP contribution in [0.25, 0.3) is 100 Å². The lowest BCUT2D eigenvalue weighted by atomic mass is 10.0. The van der Waals surface area contributed by atoms with Gasteiger partial charge in [0.2, 0.25) is 0 Å². The van der Waals surface area contributed by atoms with Gasteiger partial charge in [-0.15, -0.1) is 0 Å². The number of aromatic nitrogens is 4. The Kier molecular flexibility index (Phi) is 7.46. The lowest BCUT2D eigenvalue weighted by Gasteiger charge is -2.14. The fraction of sp³-hybridized carbons (Fsp3) is 0. The van der Waals surface area contributed by atoms with E-state index in [2.05, 4.69) is 209 Å². The van der Waals surface area contributed by atoms with Crippen LogP contribution in [0.2, 0.25) is 0 Å². The molecule has 0 saturated carbocycles. The molecule has 56 heavy (non-hydrogen) atoms. The molecule has 11 rings (SSSR count). The van der Waals surface area contributed by atoms with Crippen LogP contribution in [0.4, 0.5) is 0 Å². The molecule has 0 N–H and O–H groups in total. The van der Waals surface area contributed by atoms with Crippen molar-refractivity contribution in [3.05, 3.63) is 206 Å². The third-order valence-electron chi connectivity index (χ3n) is 11.0. The first kappa shape index (κ1) is 31.9. The predicted octanol–water partition coefficient (Wildman–Crippen LogP) is 13.3. The van der Waals surface area contributed by atoms with Crippen molar-refractivity contribution in [2.45, 2.75) is 0 Å². The zero-order chi connectivity index (χ0) is 37.0. The van der Waals surface area contributed by atoms with E-state index in [1.807, 2.05) is 6.07 Å². The summed E-state index contributed by atoms with van der Waals surface area (Å²) in [7, 11) is 0. The number of fused-ring (bicyclic) bond motifs is 7. The van der Waals surface area contributed by atoms with E-state index in [4.69, 9.17) is 9.97 Å². The number of hydrogen-bond acceptors (Lipinski definition) is 2. The minimum Gasteiger partial charge on any atom is -0.307 e. The molecular weight excluding hydrogens is 681 g/mol. The quantitative estimate of drug-likeness (QED) is 0.172. The van der Waals surface area contributed by atoms with Crippen molar-refractivity contribution in [3.63, 3.8) is 0 Å². The van der Waals surface area contributed by atoms with Gasteiger partial charge in [-0.3, -0.25) is 4.57 Å². The molecule has 3 heterocycles. The number of nitrogens with zero attached hydrogens (tertiary/aromatic N) is 4. The Morgan fingerprint density at radius 2 is 0.732 bits per heavy atom. The smallest absolute Gasteiger partial charge is 0.162 e. The van der Waals surface area contributed by atoms with Crippen molar-refractivity contribution in [2.75, 3.05) is 0 Å². The molecule has 4 nitrogen and oxygen atoms in total. The molecule has 0 aliphatic carbocycles.